The summed E-state index contributed by atoms with van der Waals surface area (Å²) >= 11 is 3.75. The highest BCUT2D eigenvalue weighted by atomic mass is 32.2. The van der Waals surface area contributed by atoms with Gasteiger partial charge in [0, 0.05) is 52.9 Å². The van der Waals surface area contributed by atoms with Crippen LogP contribution >= 0.6 is 23.5 Å². The van der Waals surface area contributed by atoms with Crippen LogP contribution in [0.2, 0.25) is 0 Å². The van der Waals surface area contributed by atoms with Gasteiger partial charge < -0.3 is 18.9 Å². The van der Waals surface area contributed by atoms with Crippen molar-refractivity contribution in [3.05, 3.63) is 163 Å². The molecule has 0 aliphatic carbocycles. The summed E-state index contributed by atoms with van der Waals surface area (Å²) in [4.78, 5) is 10.2. The van der Waals surface area contributed by atoms with E-state index in [-0.39, 0.29) is 12.3 Å². The first-order valence-corrected chi connectivity index (χ1v) is 21.8. The Labute approximate surface area is 351 Å². The number of ether oxygens (including phenoxy) is 1. The smallest absolute Gasteiger partial charge is 0.333 e. The fourth-order valence-corrected chi connectivity index (χ4v) is 12.0. The molecule has 5 heterocycles. The molecule has 0 amide bonds. The van der Waals surface area contributed by atoms with Gasteiger partial charge in [0.2, 0.25) is 0 Å². The Hall–Kier alpha value is -6.28. The number of nitrogens with zero attached hydrogens (tertiary/aromatic N) is 2. The second-order valence-electron chi connectivity index (χ2n) is 16.8. The minimum Gasteiger partial charge on any atom is -0.454 e. The molecule has 280 valence electrons. The number of furan rings is 1. The van der Waals surface area contributed by atoms with Crippen LogP contribution in [0.25, 0.3) is 44.2 Å². The molecule has 4 aliphatic heterocycles. The molecular weight excluding hydrogens is 760 g/mol. The van der Waals surface area contributed by atoms with E-state index in [0.717, 1.165) is 56.2 Å². The quantitative estimate of drug-likeness (QED) is 0.162. The molecule has 0 saturated heterocycles. The number of fused-ring (bicyclic) bond motifs is 12. The zero-order valence-electron chi connectivity index (χ0n) is 32.6. The summed E-state index contributed by atoms with van der Waals surface area (Å²) < 4.78 is 13.9. The first-order valence-electron chi connectivity index (χ1n) is 20.2. The van der Waals surface area contributed by atoms with Crippen molar-refractivity contribution in [3.63, 3.8) is 0 Å². The van der Waals surface area contributed by atoms with Crippen molar-refractivity contribution in [2.45, 2.75) is 45.8 Å². The van der Waals surface area contributed by atoms with Crippen molar-refractivity contribution in [1.82, 2.24) is 0 Å². The fraction of sp³-hybridized carbons (Fsp3) is 0.0769. The number of rotatable bonds is 2. The third-order valence-corrected chi connectivity index (χ3v) is 14.9. The molecule has 0 unspecified atom stereocenters. The fourth-order valence-electron chi connectivity index (χ4n) is 9.73. The lowest BCUT2D eigenvalue weighted by atomic mass is 9.43. The van der Waals surface area contributed by atoms with Crippen molar-refractivity contribution in [2.75, 3.05) is 9.71 Å². The minimum absolute atomic E-state index is 0.0383. The van der Waals surface area contributed by atoms with Crippen LogP contribution in [-0.2, 0) is 5.41 Å². The van der Waals surface area contributed by atoms with Gasteiger partial charge in [0.1, 0.15) is 5.58 Å². The molecule has 0 bridgehead atoms. The maximum absolute atomic E-state index is 7.05. The second-order valence-corrected chi connectivity index (χ2v) is 19.0. The van der Waals surface area contributed by atoms with Gasteiger partial charge in [-0.05, 0) is 99.8 Å². The van der Waals surface area contributed by atoms with Gasteiger partial charge in [0.25, 0.3) is 0 Å². The average molecular weight is 795 g/mol. The van der Waals surface area contributed by atoms with Gasteiger partial charge in [0.05, 0.1) is 17.1 Å². The van der Waals surface area contributed by atoms with Gasteiger partial charge in [-0.3, -0.25) is 0 Å². The summed E-state index contributed by atoms with van der Waals surface area (Å²) in [6.45, 7) is 6.70. The van der Waals surface area contributed by atoms with Crippen molar-refractivity contribution < 1.29 is 9.15 Å². The normalized spacial score (nSPS) is 14.3. The Bertz CT molecular complexity index is 3280. The minimum atomic E-state index is -0.209. The average Bonchev–Trinajstić information content (AvgIpc) is 3.64. The van der Waals surface area contributed by atoms with Crippen LogP contribution in [-0.4, -0.2) is 6.85 Å². The van der Waals surface area contributed by atoms with Crippen LogP contribution < -0.4 is 25.4 Å². The Morgan fingerprint density at radius 2 is 1.25 bits per heavy atom. The maximum atomic E-state index is 7.05. The molecule has 0 atom stereocenters. The summed E-state index contributed by atoms with van der Waals surface area (Å²) in [5.74, 6) is 1.67. The highest BCUT2D eigenvalue weighted by molar-refractivity contribution is 8.05. The number of anilines is 5. The van der Waals surface area contributed by atoms with E-state index >= 15 is 0 Å². The summed E-state index contributed by atoms with van der Waals surface area (Å²) in [5.41, 5.74) is 15.8. The lowest BCUT2D eigenvalue weighted by molar-refractivity contribution is 0.477. The number of benzene rings is 8. The van der Waals surface area contributed by atoms with Crippen LogP contribution in [0.1, 0.15) is 26.3 Å². The van der Waals surface area contributed by atoms with E-state index in [2.05, 4.69) is 188 Å². The molecule has 0 fully saturated rings. The third-order valence-electron chi connectivity index (χ3n) is 12.4. The van der Waals surface area contributed by atoms with E-state index in [9.17, 15) is 0 Å². The van der Waals surface area contributed by atoms with Crippen LogP contribution in [0.3, 0.4) is 0 Å². The zero-order valence-corrected chi connectivity index (χ0v) is 34.2. The summed E-state index contributed by atoms with van der Waals surface area (Å²) in [6.07, 6.45) is 0. The molecule has 0 N–H and O–H groups in total. The van der Waals surface area contributed by atoms with E-state index in [4.69, 9.17) is 9.15 Å². The van der Waals surface area contributed by atoms with Crippen molar-refractivity contribution in [2.24, 2.45) is 0 Å². The van der Waals surface area contributed by atoms with E-state index < -0.39 is 0 Å². The lowest BCUT2D eigenvalue weighted by Gasteiger charge is -2.47. The Morgan fingerprint density at radius 3 is 2.08 bits per heavy atom. The molecule has 59 heavy (non-hydrogen) atoms. The molecule has 1 aromatic heterocycles. The Balaban J connectivity index is 1.20. The van der Waals surface area contributed by atoms with Crippen molar-refractivity contribution in [3.8, 4) is 33.8 Å². The molecule has 0 radical (unpaired) electrons. The van der Waals surface area contributed by atoms with E-state index in [1.165, 1.54) is 64.0 Å². The maximum Gasteiger partial charge on any atom is 0.333 e. The van der Waals surface area contributed by atoms with Crippen LogP contribution in [0, 0.1) is 0 Å². The van der Waals surface area contributed by atoms with E-state index in [1.807, 2.05) is 23.5 Å². The van der Waals surface area contributed by atoms with Crippen LogP contribution in [0.15, 0.2) is 182 Å². The Morgan fingerprint density at radius 1 is 0.525 bits per heavy atom. The monoisotopic (exact) mass is 794 g/mol. The number of hydrogen-bond donors (Lipinski definition) is 0. The largest absolute Gasteiger partial charge is 0.454 e. The molecule has 13 rings (SSSR count). The molecule has 0 spiro atoms. The van der Waals surface area contributed by atoms with Gasteiger partial charge in [-0.1, -0.05) is 135 Å². The molecule has 9 aromatic rings. The first kappa shape index (κ1) is 33.7. The Kier molecular flexibility index (Phi) is 6.93. The molecule has 7 heteroatoms. The molecule has 4 aliphatic rings. The van der Waals surface area contributed by atoms with Crippen LogP contribution in [0.5, 0.6) is 11.5 Å². The summed E-state index contributed by atoms with van der Waals surface area (Å²) in [5, 5.41) is 2.23. The van der Waals surface area contributed by atoms with E-state index in [0.29, 0.717) is 0 Å². The first-order chi connectivity index (χ1) is 28.9. The van der Waals surface area contributed by atoms with Gasteiger partial charge in [-0.15, -0.1) is 0 Å². The summed E-state index contributed by atoms with van der Waals surface area (Å²) in [7, 11) is 0. The number of hydrogen-bond acceptors (Lipinski definition) is 6. The van der Waals surface area contributed by atoms with Gasteiger partial charge in [-0.25, -0.2) is 0 Å². The topological polar surface area (TPSA) is 28.9 Å². The van der Waals surface area contributed by atoms with Crippen molar-refractivity contribution in [1.29, 1.82) is 0 Å². The van der Waals surface area contributed by atoms with Gasteiger partial charge in [-0.2, -0.15) is 0 Å². The van der Waals surface area contributed by atoms with Crippen LogP contribution in [0.4, 0.5) is 28.4 Å². The zero-order chi connectivity index (χ0) is 39.1. The lowest BCUT2D eigenvalue weighted by Crippen LogP contribution is -2.62. The summed E-state index contributed by atoms with van der Waals surface area (Å²) in [6, 6.07) is 57.7. The molecule has 8 aromatic carbocycles. The predicted octanol–water partition coefficient (Wildman–Crippen LogP) is 14.0. The second kappa shape index (κ2) is 12.1. The standard InChI is InChI=1S/C52H35BN2O2S2/c1-52(2,3)31-24-25-38(33(26-31)30-14-5-4-6-15-30)55-40-29-47-46(58-44-22-11-12-23-45(44)59-47)28-34(40)35-27-36-32-16-7-9-19-41(32)57-51(36)50-48(35)53(55)37-17-13-21-43-49(37)54(50)39-18-8-10-20-42(39)56-43/h4-29H,1-3H3. The highest BCUT2D eigenvalue weighted by Gasteiger charge is 2.49. The van der Waals surface area contributed by atoms with Crippen molar-refractivity contribution >= 4 is 91.7 Å². The SMILES string of the molecule is CC(C)(C)c1ccc(N2B3c4cccc5c4N(c4ccccc4O5)c4c3c(cc3c4oc4ccccc43)-c3cc4c(cc32)Sc2ccccc2S4)c(-c2ccccc2)c1. The predicted molar refractivity (Wildman–Crippen MR) is 246 cm³/mol. The highest BCUT2D eigenvalue weighted by Crippen LogP contribution is 2.59. The van der Waals surface area contributed by atoms with E-state index in [1.54, 1.807) is 0 Å². The molecule has 4 nitrogen and oxygen atoms in total. The number of para-hydroxylation sites is 4. The third kappa shape index (κ3) is 4.77. The molecule has 0 saturated carbocycles. The van der Waals surface area contributed by atoms with Gasteiger partial charge in [0.15, 0.2) is 17.1 Å². The van der Waals surface area contributed by atoms with Gasteiger partial charge >= 0.3 is 6.85 Å². The molecular formula is C52H35BN2O2S2.